The van der Waals surface area contributed by atoms with Crippen LogP contribution in [0.1, 0.15) is 27.7 Å². The van der Waals surface area contributed by atoms with Gasteiger partial charge in [-0.15, -0.1) is 0 Å². The minimum Gasteiger partial charge on any atom is -0.456 e. The van der Waals surface area contributed by atoms with Crippen LogP contribution < -0.4 is 5.46 Å². The number of benzene rings is 3. The van der Waals surface area contributed by atoms with Crippen molar-refractivity contribution in [2.75, 3.05) is 0 Å². The summed E-state index contributed by atoms with van der Waals surface area (Å²) in [6.45, 7) is 8.33. The number of furan rings is 1. The molecule has 0 atom stereocenters. The Kier molecular flexibility index (Phi) is 3.21. The van der Waals surface area contributed by atoms with E-state index in [4.69, 9.17) is 13.7 Å². The first-order valence-electron chi connectivity index (χ1n) is 10.1. The molecule has 5 aromatic rings. The summed E-state index contributed by atoms with van der Waals surface area (Å²) in [5, 5.41) is 4.62. The molecule has 5 heteroatoms. The third-order valence-electron chi connectivity index (χ3n) is 6.68. The van der Waals surface area contributed by atoms with E-state index in [2.05, 4.69) is 69.1 Å². The average Bonchev–Trinajstić information content (AvgIpc) is 3.30. The summed E-state index contributed by atoms with van der Waals surface area (Å²) in [7, 11) is -0.409. The van der Waals surface area contributed by atoms with Gasteiger partial charge in [-0.2, -0.15) is 0 Å². The number of hydrogen-bond donors (Lipinski definition) is 1. The standard InChI is InChI=1S/C24H22BNO3/c1-23(2)24(3,4)29-25(28-23)16-10-7-9-15-20-17(26-22(15)16)12-13-19-21(20)14-8-5-6-11-18(14)27-19/h5-13,26H,1-4H3. The van der Waals surface area contributed by atoms with E-state index in [0.29, 0.717) is 0 Å². The van der Waals surface area contributed by atoms with Gasteiger partial charge in [-0.05, 0) is 45.9 Å². The maximum absolute atomic E-state index is 6.34. The van der Waals surface area contributed by atoms with Crippen LogP contribution in [0.3, 0.4) is 0 Å². The fraction of sp³-hybridized carbons (Fsp3) is 0.250. The van der Waals surface area contributed by atoms with Gasteiger partial charge in [-0.3, -0.25) is 0 Å². The molecular weight excluding hydrogens is 361 g/mol. The second-order valence-corrected chi connectivity index (χ2v) is 8.94. The minimum absolute atomic E-state index is 0.375. The second kappa shape index (κ2) is 5.44. The summed E-state index contributed by atoms with van der Waals surface area (Å²) in [6.07, 6.45) is 0. The lowest BCUT2D eigenvalue weighted by Crippen LogP contribution is -2.41. The number of aromatic amines is 1. The lowest BCUT2D eigenvalue weighted by atomic mass is 9.78. The van der Waals surface area contributed by atoms with Crippen molar-refractivity contribution in [3.63, 3.8) is 0 Å². The molecule has 0 saturated carbocycles. The molecule has 29 heavy (non-hydrogen) atoms. The van der Waals surface area contributed by atoms with E-state index in [1.807, 2.05) is 18.2 Å². The normalized spacial score (nSPS) is 18.6. The summed E-state index contributed by atoms with van der Waals surface area (Å²) < 4.78 is 18.8. The number of H-pyrrole nitrogens is 1. The van der Waals surface area contributed by atoms with Gasteiger partial charge in [0.25, 0.3) is 0 Å². The molecule has 0 aliphatic carbocycles. The molecule has 1 aliphatic heterocycles. The molecule has 0 unspecified atom stereocenters. The van der Waals surface area contributed by atoms with Gasteiger partial charge in [0.15, 0.2) is 0 Å². The van der Waals surface area contributed by atoms with E-state index < -0.39 is 7.12 Å². The molecular formula is C24H22BNO3. The van der Waals surface area contributed by atoms with Crippen LogP contribution in [0.15, 0.2) is 59.0 Å². The molecule has 1 saturated heterocycles. The number of aromatic nitrogens is 1. The van der Waals surface area contributed by atoms with Crippen LogP contribution >= 0.6 is 0 Å². The topological polar surface area (TPSA) is 47.4 Å². The van der Waals surface area contributed by atoms with E-state index >= 15 is 0 Å². The SMILES string of the molecule is CC1(C)OB(c2cccc3c2[nH]c2ccc4oc5ccccc5c4c23)OC1(C)C. The van der Waals surface area contributed by atoms with Crippen molar-refractivity contribution in [2.24, 2.45) is 0 Å². The van der Waals surface area contributed by atoms with Crippen molar-refractivity contribution in [3.8, 4) is 0 Å². The smallest absolute Gasteiger partial charge is 0.456 e. The highest BCUT2D eigenvalue weighted by atomic mass is 16.7. The summed E-state index contributed by atoms with van der Waals surface area (Å²) in [6, 6.07) is 18.7. The Bertz CT molecular complexity index is 1410. The number of rotatable bonds is 1. The van der Waals surface area contributed by atoms with E-state index in [1.165, 1.54) is 5.39 Å². The zero-order valence-electron chi connectivity index (χ0n) is 17.0. The molecule has 0 bridgehead atoms. The fourth-order valence-corrected chi connectivity index (χ4v) is 4.42. The van der Waals surface area contributed by atoms with E-state index in [-0.39, 0.29) is 11.2 Å². The Morgan fingerprint density at radius 2 is 1.45 bits per heavy atom. The lowest BCUT2D eigenvalue weighted by molar-refractivity contribution is 0.00578. The molecule has 144 valence electrons. The molecule has 3 aromatic carbocycles. The van der Waals surface area contributed by atoms with E-state index in [1.54, 1.807) is 0 Å². The minimum atomic E-state index is -0.409. The number of nitrogens with one attached hydrogen (secondary N) is 1. The quantitative estimate of drug-likeness (QED) is 0.388. The Morgan fingerprint density at radius 1 is 0.724 bits per heavy atom. The molecule has 0 spiro atoms. The summed E-state index contributed by atoms with van der Waals surface area (Å²) in [4.78, 5) is 3.62. The maximum atomic E-state index is 6.34. The Morgan fingerprint density at radius 3 is 2.24 bits per heavy atom. The number of para-hydroxylation sites is 2. The van der Waals surface area contributed by atoms with Gasteiger partial charge >= 0.3 is 7.12 Å². The van der Waals surface area contributed by atoms with Gasteiger partial charge in [0.1, 0.15) is 11.2 Å². The van der Waals surface area contributed by atoms with Crippen molar-refractivity contribution in [1.29, 1.82) is 0 Å². The monoisotopic (exact) mass is 383 g/mol. The predicted molar refractivity (Wildman–Crippen MR) is 119 cm³/mol. The molecule has 3 heterocycles. The first kappa shape index (κ1) is 17.1. The molecule has 4 nitrogen and oxygen atoms in total. The Hall–Kier alpha value is -2.76. The van der Waals surface area contributed by atoms with Crippen LogP contribution in [0, 0.1) is 0 Å². The molecule has 0 amide bonds. The third kappa shape index (κ3) is 2.23. The molecule has 2 aromatic heterocycles. The van der Waals surface area contributed by atoms with E-state index in [0.717, 1.165) is 43.8 Å². The van der Waals surface area contributed by atoms with Crippen molar-refractivity contribution in [3.05, 3.63) is 54.6 Å². The van der Waals surface area contributed by atoms with Crippen LogP contribution in [0.2, 0.25) is 0 Å². The van der Waals surface area contributed by atoms with Gasteiger partial charge in [0, 0.05) is 38.0 Å². The van der Waals surface area contributed by atoms with Crippen LogP contribution in [-0.4, -0.2) is 23.3 Å². The van der Waals surface area contributed by atoms with Crippen LogP contribution in [0.4, 0.5) is 0 Å². The zero-order valence-corrected chi connectivity index (χ0v) is 17.0. The van der Waals surface area contributed by atoms with Crippen molar-refractivity contribution in [2.45, 2.75) is 38.9 Å². The van der Waals surface area contributed by atoms with Gasteiger partial charge in [-0.25, -0.2) is 0 Å². The van der Waals surface area contributed by atoms with Crippen molar-refractivity contribution in [1.82, 2.24) is 4.98 Å². The Balaban J connectivity index is 1.66. The van der Waals surface area contributed by atoms with Crippen LogP contribution in [0.5, 0.6) is 0 Å². The highest BCUT2D eigenvalue weighted by Gasteiger charge is 2.52. The number of fused-ring (bicyclic) bond motifs is 7. The first-order chi connectivity index (χ1) is 13.9. The van der Waals surface area contributed by atoms with Gasteiger partial charge in [-0.1, -0.05) is 36.4 Å². The average molecular weight is 383 g/mol. The van der Waals surface area contributed by atoms with Gasteiger partial charge < -0.3 is 18.7 Å². The third-order valence-corrected chi connectivity index (χ3v) is 6.68. The zero-order chi connectivity index (χ0) is 20.0. The number of hydrogen-bond acceptors (Lipinski definition) is 3. The molecule has 6 rings (SSSR count). The van der Waals surface area contributed by atoms with E-state index in [9.17, 15) is 0 Å². The van der Waals surface area contributed by atoms with Gasteiger partial charge in [0.05, 0.1) is 11.2 Å². The second-order valence-electron chi connectivity index (χ2n) is 8.94. The van der Waals surface area contributed by atoms with Crippen molar-refractivity contribution >= 4 is 56.3 Å². The summed E-state index contributed by atoms with van der Waals surface area (Å²) in [5.74, 6) is 0. The summed E-state index contributed by atoms with van der Waals surface area (Å²) >= 11 is 0. The molecule has 1 fully saturated rings. The van der Waals surface area contributed by atoms with Gasteiger partial charge in [0.2, 0.25) is 0 Å². The molecule has 1 aliphatic rings. The largest absolute Gasteiger partial charge is 0.497 e. The maximum Gasteiger partial charge on any atom is 0.497 e. The highest BCUT2D eigenvalue weighted by molar-refractivity contribution is 6.65. The predicted octanol–water partition coefficient (Wildman–Crippen LogP) is 5.52. The fourth-order valence-electron chi connectivity index (χ4n) is 4.42. The highest BCUT2D eigenvalue weighted by Crippen LogP contribution is 2.40. The van der Waals surface area contributed by atoms with Crippen LogP contribution in [-0.2, 0) is 9.31 Å². The van der Waals surface area contributed by atoms with Crippen molar-refractivity contribution < 1.29 is 13.7 Å². The van der Waals surface area contributed by atoms with Crippen LogP contribution in [0.25, 0.3) is 43.7 Å². The first-order valence-corrected chi connectivity index (χ1v) is 10.1. The Labute approximate surface area is 168 Å². The summed E-state index contributed by atoms with van der Waals surface area (Å²) in [5.41, 5.74) is 4.23. The molecule has 0 radical (unpaired) electrons. The lowest BCUT2D eigenvalue weighted by Gasteiger charge is -2.32. The molecule has 1 N–H and O–H groups in total.